The Kier molecular flexibility index (Phi) is 6.76. The highest BCUT2D eigenvalue weighted by atomic mass is 16.6. The van der Waals surface area contributed by atoms with Crippen LogP contribution in [0.15, 0.2) is 41.5 Å². The van der Waals surface area contributed by atoms with Gasteiger partial charge in [0.05, 0.1) is 18.2 Å². The number of para-hydroxylation sites is 1. The molecular formula is C20H23N3O6. The summed E-state index contributed by atoms with van der Waals surface area (Å²) < 4.78 is 10.5. The van der Waals surface area contributed by atoms with Gasteiger partial charge < -0.3 is 14.6 Å². The predicted molar refractivity (Wildman–Crippen MR) is 108 cm³/mol. The van der Waals surface area contributed by atoms with Gasteiger partial charge in [-0.25, -0.2) is 5.43 Å². The molecule has 0 saturated heterocycles. The number of nitro groups is 1. The molecule has 0 aliphatic heterocycles. The van der Waals surface area contributed by atoms with E-state index in [0.717, 1.165) is 11.6 Å². The van der Waals surface area contributed by atoms with Crippen LogP contribution in [-0.2, 0) is 10.2 Å². The third-order valence-corrected chi connectivity index (χ3v) is 3.95. The Hall–Kier alpha value is -3.62. The van der Waals surface area contributed by atoms with Crippen LogP contribution in [0.5, 0.6) is 17.2 Å². The Morgan fingerprint density at radius 3 is 2.59 bits per heavy atom. The van der Waals surface area contributed by atoms with Gasteiger partial charge in [0.15, 0.2) is 12.4 Å². The van der Waals surface area contributed by atoms with Crippen LogP contribution in [0.25, 0.3) is 0 Å². The van der Waals surface area contributed by atoms with E-state index in [1.807, 2.05) is 39.0 Å². The summed E-state index contributed by atoms with van der Waals surface area (Å²) >= 11 is 0. The number of amides is 1. The molecule has 9 nitrogen and oxygen atoms in total. The largest absolute Gasteiger partial charge is 0.500 e. The lowest BCUT2D eigenvalue weighted by molar-refractivity contribution is -0.386. The highest BCUT2D eigenvalue weighted by Gasteiger charge is 2.20. The number of nitrogens with zero attached hydrogens (tertiary/aromatic N) is 2. The first-order chi connectivity index (χ1) is 13.6. The molecule has 0 fully saturated rings. The summed E-state index contributed by atoms with van der Waals surface area (Å²) in [7, 11) is 1.27. The number of nitrogens with one attached hydrogen (secondary N) is 1. The number of phenols is 1. The van der Waals surface area contributed by atoms with Crippen molar-refractivity contribution in [2.24, 2.45) is 5.10 Å². The van der Waals surface area contributed by atoms with E-state index in [-0.39, 0.29) is 23.3 Å². The summed E-state index contributed by atoms with van der Waals surface area (Å²) in [5.74, 6) is -0.540. The smallest absolute Gasteiger partial charge is 0.315 e. The standard InChI is InChI=1S/C20H23N3O6/c1-20(2,3)14-7-5-6-8-16(14)29-12-18(24)22-21-11-13-9-15(23(26)27)19(25)17(10-13)28-4/h5-11,25H,12H2,1-4H3,(H,22,24)/b21-11+. The van der Waals surface area contributed by atoms with E-state index in [2.05, 4.69) is 10.5 Å². The van der Waals surface area contributed by atoms with Gasteiger partial charge in [-0.2, -0.15) is 5.10 Å². The van der Waals surface area contributed by atoms with Gasteiger partial charge in [-0.3, -0.25) is 14.9 Å². The van der Waals surface area contributed by atoms with Crippen molar-refractivity contribution in [3.8, 4) is 17.2 Å². The monoisotopic (exact) mass is 401 g/mol. The molecule has 0 aromatic heterocycles. The molecule has 2 rings (SSSR count). The Bertz CT molecular complexity index is 934. The van der Waals surface area contributed by atoms with Gasteiger partial charge >= 0.3 is 5.69 Å². The number of carbonyl (C=O) groups excluding carboxylic acids is 1. The van der Waals surface area contributed by atoms with Crippen LogP contribution >= 0.6 is 0 Å². The van der Waals surface area contributed by atoms with Gasteiger partial charge in [0.2, 0.25) is 5.75 Å². The molecular weight excluding hydrogens is 378 g/mol. The summed E-state index contributed by atoms with van der Waals surface area (Å²) in [6, 6.07) is 9.93. The highest BCUT2D eigenvalue weighted by Crippen LogP contribution is 2.36. The molecule has 0 saturated carbocycles. The van der Waals surface area contributed by atoms with E-state index < -0.39 is 22.3 Å². The number of nitro benzene ring substituents is 1. The van der Waals surface area contributed by atoms with Crippen LogP contribution in [-0.4, -0.2) is 35.9 Å². The van der Waals surface area contributed by atoms with Crippen molar-refractivity contribution in [2.75, 3.05) is 13.7 Å². The maximum atomic E-state index is 12.0. The molecule has 2 N–H and O–H groups in total. The van der Waals surface area contributed by atoms with Gasteiger partial charge in [-0.15, -0.1) is 0 Å². The van der Waals surface area contributed by atoms with E-state index in [4.69, 9.17) is 9.47 Å². The number of ether oxygens (including phenoxy) is 2. The molecule has 0 unspecified atom stereocenters. The Morgan fingerprint density at radius 1 is 1.28 bits per heavy atom. The minimum Gasteiger partial charge on any atom is -0.500 e. The maximum absolute atomic E-state index is 12.0. The number of aromatic hydroxyl groups is 1. The van der Waals surface area contributed by atoms with Crippen LogP contribution in [0.4, 0.5) is 5.69 Å². The molecule has 9 heteroatoms. The molecule has 0 radical (unpaired) electrons. The number of methoxy groups -OCH3 is 1. The number of benzene rings is 2. The average Bonchev–Trinajstić information content (AvgIpc) is 2.66. The molecule has 0 aliphatic carbocycles. The number of hydrazone groups is 1. The fourth-order valence-electron chi connectivity index (χ4n) is 2.55. The number of hydrogen-bond acceptors (Lipinski definition) is 7. The zero-order chi connectivity index (χ0) is 21.6. The third kappa shape index (κ3) is 5.68. The Labute approximate surface area is 168 Å². The first kappa shape index (κ1) is 21.7. The Balaban J connectivity index is 2.03. The molecule has 0 spiro atoms. The molecule has 0 bridgehead atoms. The number of carbonyl (C=O) groups is 1. The van der Waals surface area contributed by atoms with E-state index >= 15 is 0 Å². The molecule has 0 heterocycles. The molecule has 1 amide bonds. The average molecular weight is 401 g/mol. The molecule has 29 heavy (non-hydrogen) atoms. The van der Waals surface area contributed by atoms with Crippen LogP contribution in [0.2, 0.25) is 0 Å². The van der Waals surface area contributed by atoms with Crippen LogP contribution in [0.3, 0.4) is 0 Å². The number of rotatable bonds is 7. The van der Waals surface area contributed by atoms with Crippen LogP contribution in [0, 0.1) is 10.1 Å². The number of phenolic OH excluding ortho intramolecular Hbond substituents is 1. The summed E-state index contributed by atoms with van der Waals surface area (Å²) in [6.07, 6.45) is 1.20. The van der Waals surface area contributed by atoms with Crippen molar-refractivity contribution < 1.29 is 24.3 Å². The minimum absolute atomic E-state index is 0.0749. The number of hydrogen-bond donors (Lipinski definition) is 2. The summed E-state index contributed by atoms with van der Waals surface area (Å²) in [6.45, 7) is 5.89. The van der Waals surface area contributed by atoms with Crippen molar-refractivity contribution in [3.05, 3.63) is 57.6 Å². The van der Waals surface area contributed by atoms with E-state index in [0.29, 0.717) is 5.75 Å². The summed E-state index contributed by atoms with van der Waals surface area (Å²) in [4.78, 5) is 22.3. The fourth-order valence-corrected chi connectivity index (χ4v) is 2.55. The first-order valence-corrected chi connectivity index (χ1v) is 8.73. The summed E-state index contributed by atoms with van der Waals surface area (Å²) in [5.41, 5.74) is 2.86. The predicted octanol–water partition coefficient (Wildman–Crippen LogP) is 3.14. The third-order valence-electron chi connectivity index (χ3n) is 3.95. The quantitative estimate of drug-likeness (QED) is 0.417. The molecule has 2 aromatic rings. The lowest BCUT2D eigenvalue weighted by atomic mass is 9.86. The van der Waals surface area contributed by atoms with Gasteiger partial charge in [0.1, 0.15) is 5.75 Å². The van der Waals surface area contributed by atoms with E-state index in [1.54, 1.807) is 6.07 Å². The SMILES string of the molecule is COc1cc(/C=N/NC(=O)COc2ccccc2C(C)(C)C)cc([N+](=O)[O-])c1O. The normalized spacial score (nSPS) is 11.3. The van der Waals surface area contributed by atoms with Crippen molar-refractivity contribution in [2.45, 2.75) is 26.2 Å². The second-order valence-corrected chi connectivity index (χ2v) is 7.18. The Morgan fingerprint density at radius 2 is 1.97 bits per heavy atom. The first-order valence-electron chi connectivity index (χ1n) is 8.73. The fraction of sp³-hybridized carbons (Fsp3) is 0.300. The zero-order valence-electron chi connectivity index (χ0n) is 16.6. The van der Waals surface area contributed by atoms with Crippen molar-refractivity contribution in [3.63, 3.8) is 0 Å². The highest BCUT2D eigenvalue weighted by molar-refractivity contribution is 5.85. The second kappa shape index (κ2) is 9.05. The second-order valence-electron chi connectivity index (χ2n) is 7.18. The van der Waals surface area contributed by atoms with Gasteiger partial charge in [-0.05, 0) is 23.1 Å². The summed E-state index contributed by atoms with van der Waals surface area (Å²) in [5, 5.41) is 24.5. The maximum Gasteiger partial charge on any atom is 0.315 e. The zero-order valence-corrected chi connectivity index (χ0v) is 16.6. The lowest BCUT2D eigenvalue weighted by Crippen LogP contribution is -2.25. The minimum atomic E-state index is -0.742. The molecule has 0 atom stereocenters. The van der Waals surface area contributed by atoms with Crippen LogP contribution in [0.1, 0.15) is 31.9 Å². The molecule has 2 aromatic carbocycles. The van der Waals surface area contributed by atoms with Crippen molar-refractivity contribution in [1.29, 1.82) is 0 Å². The van der Waals surface area contributed by atoms with Crippen molar-refractivity contribution in [1.82, 2.24) is 5.43 Å². The lowest BCUT2D eigenvalue weighted by Gasteiger charge is -2.22. The van der Waals surface area contributed by atoms with Crippen LogP contribution < -0.4 is 14.9 Å². The van der Waals surface area contributed by atoms with E-state index in [9.17, 15) is 20.0 Å². The topological polar surface area (TPSA) is 123 Å². The van der Waals surface area contributed by atoms with Gasteiger partial charge in [0, 0.05) is 11.6 Å². The van der Waals surface area contributed by atoms with Gasteiger partial charge in [-0.1, -0.05) is 39.0 Å². The van der Waals surface area contributed by atoms with Crippen molar-refractivity contribution >= 4 is 17.8 Å². The van der Waals surface area contributed by atoms with Gasteiger partial charge in [0.25, 0.3) is 5.91 Å². The van der Waals surface area contributed by atoms with E-state index in [1.165, 1.54) is 19.4 Å². The molecule has 154 valence electrons. The molecule has 0 aliphatic rings.